The second-order valence-corrected chi connectivity index (χ2v) is 3.21. The zero-order valence-corrected chi connectivity index (χ0v) is 7.86. The number of nitrogens with zero attached hydrogens (tertiary/aromatic N) is 1. The Balaban J connectivity index is 2.42. The van der Waals surface area contributed by atoms with Crippen LogP contribution in [-0.4, -0.2) is 48.2 Å². The first-order chi connectivity index (χ1) is 6.26. The molecule has 0 aromatic rings. The van der Waals surface area contributed by atoms with Gasteiger partial charge in [0.2, 0.25) is 5.91 Å². The first-order valence-electron chi connectivity index (χ1n) is 4.50. The fourth-order valence-corrected chi connectivity index (χ4v) is 1.40. The Morgan fingerprint density at radius 1 is 1.77 bits per heavy atom. The van der Waals surface area contributed by atoms with Crippen LogP contribution in [0.15, 0.2) is 12.2 Å². The molecule has 0 radical (unpaired) electrons. The summed E-state index contributed by atoms with van der Waals surface area (Å²) in [6.45, 7) is 3.90. The molecule has 0 aromatic carbocycles. The van der Waals surface area contributed by atoms with E-state index in [1.807, 2.05) is 24.0 Å². The van der Waals surface area contributed by atoms with Crippen molar-refractivity contribution in [2.45, 2.75) is 13.0 Å². The Hall–Kier alpha value is -0.870. The van der Waals surface area contributed by atoms with E-state index in [0.29, 0.717) is 6.54 Å². The summed E-state index contributed by atoms with van der Waals surface area (Å²) in [5.41, 5.74) is 0. The number of carbonyl (C=O) groups is 1. The van der Waals surface area contributed by atoms with Gasteiger partial charge in [0.15, 0.2) is 0 Å². The lowest BCUT2D eigenvalue weighted by Gasteiger charge is -2.31. The standard InChI is InChI=1S/C9H16N2O2/c1-2-3-4-11-5-8(7-12)10-9(13)6-11/h2-3,8,12H,4-7H2,1H3,(H,10,13)/b3-2+/t8-/m0/s1. The van der Waals surface area contributed by atoms with Crippen LogP contribution in [0.1, 0.15) is 6.92 Å². The molecule has 1 amide bonds. The van der Waals surface area contributed by atoms with Crippen molar-refractivity contribution in [3.8, 4) is 0 Å². The van der Waals surface area contributed by atoms with Gasteiger partial charge < -0.3 is 10.4 Å². The predicted molar refractivity (Wildman–Crippen MR) is 50.3 cm³/mol. The van der Waals surface area contributed by atoms with E-state index in [1.165, 1.54) is 0 Å². The van der Waals surface area contributed by atoms with E-state index in [0.717, 1.165) is 13.1 Å². The number of hydrogen-bond acceptors (Lipinski definition) is 3. The predicted octanol–water partition coefficient (Wildman–Crippen LogP) is -0.645. The third kappa shape index (κ3) is 3.16. The lowest BCUT2D eigenvalue weighted by Crippen LogP contribution is -2.55. The van der Waals surface area contributed by atoms with Crippen LogP contribution < -0.4 is 5.32 Å². The van der Waals surface area contributed by atoms with Gasteiger partial charge in [-0.3, -0.25) is 9.69 Å². The van der Waals surface area contributed by atoms with E-state index in [9.17, 15) is 4.79 Å². The second kappa shape index (κ2) is 4.99. The molecule has 2 N–H and O–H groups in total. The summed E-state index contributed by atoms with van der Waals surface area (Å²) in [5, 5.41) is 11.6. The van der Waals surface area contributed by atoms with Crippen LogP contribution in [0.4, 0.5) is 0 Å². The fraction of sp³-hybridized carbons (Fsp3) is 0.667. The summed E-state index contributed by atoms with van der Waals surface area (Å²) in [6, 6.07) is -0.105. The second-order valence-electron chi connectivity index (χ2n) is 3.21. The highest BCUT2D eigenvalue weighted by atomic mass is 16.3. The van der Waals surface area contributed by atoms with Crippen molar-refractivity contribution in [3.63, 3.8) is 0 Å². The molecular weight excluding hydrogens is 168 g/mol. The van der Waals surface area contributed by atoms with E-state index < -0.39 is 0 Å². The van der Waals surface area contributed by atoms with Crippen LogP contribution >= 0.6 is 0 Å². The number of aliphatic hydroxyl groups is 1. The number of amides is 1. The quantitative estimate of drug-likeness (QED) is 0.573. The molecule has 0 aromatic heterocycles. The van der Waals surface area contributed by atoms with Crippen LogP contribution in [0.3, 0.4) is 0 Å². The summed E-state index contributed by atoms with van der Waals surface area (Å²) in [5.74, 6) is -0.00481. The van der Waals surface area contributed by atoms with Crippen molar-refractivity contribution in [2.75, 3.05) is 26.2 Å². The normalized spacial score (nSPS) is 25.1. The van der Waals surface area contributed by atoms with Crippen molar-refractivity contribution in [3.05, 3.63) is 12.2 Å². The average molecular weight is 184 g/mol. The molecule has 1 rings (SSSR count). The minimum Gasteiger partial charge on any atom is -0.394 e. The van der Waals surface area contributed by atoms with Gasteiger partial charge in [0.1, 0.15) is 0 Å². The first kappa shape index (κ1) is 10.2. The maximum absolute atomic E-state index is 11.1. The number of carbonyl (C=O) groups excluding carboxylic acids is 1. The Kier molecular flexibility index (Phi) is 3.92. The monoisotopic (exact) mass is 184 g/mol. The van der Waals surface area contributed by atoms with Crippen molar-refractivity contribution in [1.29, 1.82) is 0 Å². The SMILES string of the molecule is C/C=C/CN1CC(=O)N[C@H](CO)C1. The van der Waals surface area contributed by atoms with Crippen molar-refractivity contribution in [2.24, 2.45) is 0 Å². The van der Waals surface area contributed by atoms with Gasteiger partial charge in [-0.1, -0.05) is 12.2 Å². The smallest absolute Gasteiger partial charge is 0.234 e. The molecule has 0 saturated carbocycles. The van der Waals surface area contributed by atoms with Gasteiger partial charge >= 0.3 is 0 Å². The van der Waals surface area contributed by atoms with Gasteiger partial charge in [-0.05, 0) is 6.92 Å². The minimum atomic E-state index is -0.105. The molecule has 1 saturated heterocycles. The number of piperazine rings is 1. The maximum Gasteiger partial charge on any atom is 0.234 e. The topological polar surface area (TPSA) is 52.6 Å². The largest absolute Gasteiger partial charge is 0.394 e. The lowest BCUT2D eigenvalue weighted by molar-refractivity contribution is -0.125. The van der Waals surface area contributed by atoms with E-state index in [2.05, 4.69) is 5.32 Å². The third-order valence-electron chi connectivity index (χ3n) is 2.03. The molecule has 74 valence electrons. The van der Waals surface area contributed by atoms with E-state index in [-0.39, 0.29) is 18.6 Å². The Morgan fingerprint density at radius 3 is 3.15 bits per heavy atom. The Morgan fingerprint density at radius 2 is 2.54 bits per heavy atom. The molecule has 0 bridgehead atoms. The number of aliphatic hydroxyl groups excluding tert-OH is 1. The van der Waals surface area contributed by atoms with Gasteiger partial charge in [-0.25, -0.2) is 0 Å². The van der Waals surface area contributed by atoms with E-state index >= 15 is 0 Å². The molecular formula is C9H16N2O2. The van der Waals surface area contributed by atoms with Gasteiger partial charge in [-0.15, -0.1) is 0 Å². The minimum absolute atomic E-state index is 0.00481. The summed E-state index contributed by atoms with van der Waals surface area (Å²) in [7, 11) is 0. The van der Waals surface area contributed by atoms with Crippen LogP contribution in [0.2, 0.25) is 0 Å². The van der Waals surface area contributed by atoms with Crippen molar-refractivity contribution in [1.82, 2.24) is 10.2 Å². The van der Waals surface area contributed by atoms with Crippen LogP contribution in [0.25, 0.3) is 0 Å². The average Bonchev–Trinajstić information content (AvgIpc) is 2.14. The summed E-state index contributed by atoms with van der Waals surface area (Å²) in [4.78, 5) is 13.1. The molecule has 1 aliphatic heterocycles. The molecule has 4 nitrogen and oxygen atoms in total. The lowest BCUT2D eigenvalue weighted by atomic mass is 10.2. The van der Waals surface area contributed by atoms with Crippen molar-refractivity contribution >= 4 is 5.91 Å². The molecule has 13 heavy (non-hydrogen) atoms. The number of allylic oxidation sites excluding steroid dienone is 1. The van der Waals surface area contributed by atoms with Gasteiger partial charge in [0.05, 0.1) is 19.2 Å². The third-order valence-corrected chi connectivity index (χ3v) is 2.03. The summed E-state index contributed by atoms with van der Waals surface area (Å²) < 4.78 is 0. The molecule has 1 aliphatic rings. The van der Waals surface area contributed by atoms with E-state index in [4.69, 9.17) is 5.11 Å². The van der Waals surface area contributed by atoms with Crippen molar-refractivity contribution < 1.29 is 9.90 Å². The molecule has 0 aliphatic carbocycles. The van der Waals surface area contributed by atoms with Gasteiger partial charge in [-0.2, -0.15) is 0 Å². The van der Waals surface area contributed by atoms with Gasteiger partial charge in [0.25, 0.3) is 0 Å². The number of nitrogens with one attached hydrogen (secondary N) is 1. The van der Waals surface area contributed by atoms with Crippen LogP contribution in [-0.2, 0) is 4.79 Å². The highest BCUT2D eigenvalue weighted by Gasteiger charge is 2.22. The summed E-state index contributed by atoms with van der Waals surface area (Å²) >= 11 is 0. The highest BCUT2D eigenvalue weighted by Crippen LogP contribution is 1.99. The zero-order chi connectivity index (χ0) is 9.68. The first-order valence-corrected chi connectivity index (χ1v) is 4.50. The number of rotatable bonds is 3. The molecule has 1 heterocycles. The Bertz CT molecular complexity index is 204. The zero-order valence-electron chi connectivity index (χ0n) is 7.86. The molecule has 1 atom stereocenters. The molecule has 1 fully saturated rings. The molecule has 0 spiro atoms. The van der Waals surface area contributed by atoms with Gasteiger partial charge in [0, 0.05) is 13.1 Å². The number of hydrogen-bond donors (Lipinski definition) is 2. The fourth-order valence-electron chi connectivity index (χ4n) is 1.40. The summed E-state index contributed by atoms with van der Waals surface area (Å²) in [6.07, 6.45) is 3.97. The Labute approximate surface area is 78.2 Å². The van der Waals surface area contributed by atoms with Crippen LogP contribution in [0.5, 0.6) is 0 Å². The highest BCUT2D eigenvalue weighted by molar-refractivity contribution is 5.79. The van der Waals surface area contributed by atoms with E-state index in [1.54, 1.807) is 0 Å². The maximum atomic E-state index is 11.1. The van der Waals surface area contributed by atoms with Crippen LogP contribution in [0, 0.1) is 0 Å². The molecule has 0 unspecified atom stereocenters. The molecule has 4 heteroatoms.